The lowest BCUT2D eigenvalue weighted by molar-refractivity contribution is -0.114. The van der Waals surface area contributed by atoms with E-state index in [0.717, 1.165) is 33.9 Å². The van der Waals surface area contributed by atoms with Crippen molar-refractivity contribution in [2.75, 3.05) is 20.8 Å². The Morgan fingerprint density at radius 2 is 1.39 bits per heavy atom. The lowest BCUT2D eigenvalue weighted by atomic mass is 10.1. The summed E-state index contributed by atoms with van der Waals surface area (Å²) in [5.74, 6) is 2.43. The van der Waals surface area contributed by atoms with Gasteiger partial charge < -0.3 is 18.9 Å². The minimum atomic E-state index is 0.0630. The van der Waals surface area contributed by atoms with Crippen molar-refractivity contribution >= 4 is 11.9 Å². The van der Waals surface area contributed by atoms with Gasteiger partial charge in [-0.3, -0.25) is 4.79 Å². The molecular weight excluding hydrogens is 416 g/mol. The quantitative estimate of drug-likeness (QED) is 0.243. The summed E-state index contributed by atoms with van der Waals surface area (Å²) >= 11 is 0. The number of rotatable bonds is 13. The van der Waals surface area contributed by atoms with Gasteiger partial charge in [-0.2, -0.15) is 0 Å². The minimum absolute atomic E-state index is 0.0630. The largest absolute Gasteiger partial charge is 0.497 e. The van der Waals surface area contributed by atoms with Crippen LogP contribution in [0.15, 0.2) is 78.9 Å². The summed E-state index contributed by atoms with van der Waals surface area (Å²) < 4.78 is 22.0. The summed E-state index contributed by atoms with van der Waals surface area (Å²) in [5.41, 5.74) is 2.99. The van der Waals surface area contributed by atoms with Gasteiger partial charge in [0, 0.05) is 18.6 Å². The Kier molecular flexibility index (Phi) is 9.55. The van der Waals surface area contributed by atoms with E-state index < -0.39 is 0 Å². The van der Waals surface area contributed by atoms with Gasteiger partial charge in [-0.1, -0.05) is 42.5 Å². The summed E-state index contributed by atoms with van der Waals surface area (Å²) in [6.07, 6.45) is 4.53. The monoisotopic (exact) mass is 446 g/mol. The molecule has 0 bridgehead atoms. The van der Waals surface area contributed by atoms with E-state index in [0.29, 0.717) is 32.7 Å². The van der Waals surface area contributed by atoms with Crippen molar-refractivity contribution in [2.45, 2.75) is 26.1 Å². The lowest BCUT2D eigenvalue weighted by Crippen LogP contribution is -2.00. The number of methoxy groups -OCH3 is 2. The average molecular weight is 447 g/mol. The van der Waals surface area contributed by atoms with Gasteiger partial charge >= 0.3 is 0 Å². The summed E-state index contributed by atoms with van der Waals surface area (Å²) in [5, 5.41) is 0. The van der Waals surface area contributed by atoms with E-state index >= 15 is 0 Å². The van der Waals surface area contributed by atoms with Crippen molar-refractivity contribution in [3.63, 3.8) is 0 Å². The number of ketones is 1. The van der Waals surface area contributed by atoms with Crippen LogP contribution in [-0.2, 0) is 22.7 Å². The van der Waals surface area contributed by atoms with Crippen LogP contribution in [-0.4, -0.2) is 26.6 Å². The molecule has 3 aromatic carbocycles. The van der Waals surface area contributed by atoms with E-state index in [9.17, 15) is 4.79 Å². The molecule has 3 aromatic rings. The molecular formula is C28H30O5. The summed E-state index contributed by atoms with van der Waals surface area (Å²) in [6, 6.07) is 23.2. The molecule has 0 spiro atoms. The number of hydrogen-bond acceptors (Lipinski definition) is 5. The second kappa shape index (κ2) is 13.1. The first-order chi connectivity index (χ1) is 16.2. The fraction of sp³-hybridized carbons (Fsp3) is 0.250. The van der Waals surface area contributed by atoms with Crippen LogP contribution in [0.3, 0.4) is 0 Å². The van der Waals surface area contributed by atoms with Crippen LogP contribution in [0.2, 0.25) is 0 Å². The molecule has 0 unspecified atom stereocenters. The molecule has 5 nitrogen and oxygen atoms in total. The highest BCUT2D eigenvalue weighted by atomic mass is 16.5. The fourth-order valence-corrected chi connectivity index (χ4v) is 3.16. The zero-order valence-corrected chi connectivity index (χ0v) is 19.2. The van der Waals surface area contributed by atoms with Crippen LogP contribution >= 0.6 is 0 Å². The predicted molar refractivity (Wildman–Crippen MR) is 130 cm³/mol. The van der Waals surface area contributed by atoms with Crippen molar-refractivity contribution in [3.8, 4) is 17.2 Å². The Hall–Kier alpha value is -3.57. The van der Waals surface area contributed by atoms with E-state index in [-0.39, 0.29) is 5.78 Å². The number of carbonyl (C=O) groups is 1. The van der Waals surface area contributed by atoms with Crippen LogP contribution in [0.5, 0.6) is 17.2 Å². The SMILES string of the molecule is COc1ccc(COCCCC(=O)/C=C/c2ccccc2OCc2ccc(OC)cc2)cc1. The van der Waals surface area contributed by atoms with Gasteiger partial charge in [-0.25, -0.2) is 0 Å². The van der Waals surface area contributed by atoms with Crippen LogP contribution in [0.25, 0.3) is 6.08 Å². The molecule has 0 aliphatic carbocycles. The highest BCUT2D eigenvalue weighted by Crippen LogP contribution is 2.22. The topological polar surface area (TPSA) is 54.0 Å². The third kappa shape index (κ3) is 8.13. The van der Waals surface area contributed by atoms with E-state index in [4.69, 9.17) is 18.9 Å². The molecule has 5 heteroatoms. The van der Waals surface area contributed by atoms with Crippen LogP contribution in [0.1, 0.15) is 29.5 Å². The number of para-hydroxylation sites is 1. The smallest absolute Gasteiger partial charge is 0.155 e. The molecule has 0 N–H and O–H groups in total. The molecule has 0 radical (unpaired) electrons. The first-order valence-electron chi connectivity index (χ1n) is 10.9. The van der Waals surface area contributed by atoms with Crippen molar-refractivity contribution < 1.29 is 23.7 Å². The third-order valence-corrected chi connectivity index (χ3v) is 5.06. The highest BCUT2D eigenvalue weighted by Gasteiger charge is 2.03. The van der Waals surface area contributed by atoms with Crippen molar-refractivity contribution in [2.24, 2.45) is 0 Å². The Balaban J connectivity index is 1.41. The molecule has 0 aromatic heterocycles. The van der Waals surface area contributed by atoms with E-state index in [1.165, 1.54) is 0 Å². The van der Waals surface area contributed by atoms with Crippen molar-refractivity contribution in [1.82, 2.24) is 0 Å². The Morgan fingerprint density at radius 1 is 0.788 bits per heavy atom. The highest BCUT2D eigenvalue weighted by molar-refractivity contribution is 5.93. The van der Waals surface area contributed by atoms with Gasteiger partial charge in [0.15, 0.2) is 5.78 Å². The van der Waals surface area contributed by atoms with E-state index in [1.54, 1.807) is 20.3 Å². The molecule has 0 fully saturated rings. The van der Waals surface area contributed by atoms with Crippen molar-refractivity contribution in [3.05, 3.63) is 95.6 Å². The molecule has 0 atom stereocenters. The van der Waals surface area contributed by atoms with Crippen LogP contribution < -0.4 is 14.2 Å². The van der Waals surface area contributed by atoms with Crippen LogP contribution in [0, 0.1) is 0 Å². The molecule has 0 aliphatic rings. The first-order valence-corrected chi connectivity index (χ1v) is 10.9. The predicted octanol–water partition coefficient (Wildman–Crippen LogP) is 5.86. The Labute approximate surface area is 195 Å². The molecule has 0 saturated heterocycles. The number of hydrogen-bond donors (Lipinski definition) is 0. The van der Waals surface area contributed by atoms with Gasteiger partial charge in [0.2, 0.25) is 0 Å². The molecule has 0 saturated carbocycles. The molecule has 33 heavy (non-hydrogen) atoms. The molecule has 172 valence electrons. The van der Waals surface area contributed by atoms with E-state index in [2.05, 4.69) is 0 Å². The van der Waals surface area contributed by atoms with Gasteiger partial charge in [-0.15, -0.1) is 0 Å². The van der Waals surface area contributed by atoms with Gasteiger partial charge in [0.05, 0.1) is 20.8 Å². The summed E-state index contributed by atoms with van der Waals surface area (Å²) in [4.78, 5) is 12.3. The summed E-state index contributed by atoms with van der Waals surface area (Å²) in [7, 11) is 3.29. The maximum absolute atomic E-state index is 12.3. The lowest BCUT2D eigenvalue weighted by Gasteiger charge is -2.10. The zero-order valence-electron chi connectivity index (χ0n) is 19.2. The Morgan fingerprint density at radius 3 is 2.03 bits per heavy atom. The number of allylic oxidation sites excluding steroid dienone is 1. The van der Waals surface area contributed by atoms with Crippen LogP contribution in [0.4, 0.5) is 0 Å². The zero-order chi connectivity index (χ0) is 23.3. The summed E-state index contributed by atoms with van der Waals surface area (Å²) in [6.45, 7) is 1.49. The molecule has 0 amide bonds. The number of ether oxygens (including phenoxy) is 4. The maximum Gasteiger partial charge on any atom is 0.155 e. The van der Waals surface area contributed by atoms with E-state index in [1.807, 2.05) is 78.9 Å². The second-order valence-electron chi connectivity index (χ2n) is 7.48. The second-order valence-corrected chi connectivity index (χ2v) is 7.48. The first kappa shape index (κ1) is 24.1. The molecule has 0 aliphatic heterocycles. The standard InChI is InChI=1S/C28H30O5/c1-30-26-15-9-22(10-16-26)20-32-19-5-7-25(29)14-13-24-6-3-4-8-28(24)33-21-23-11-17-27(31-2)18-12-23/h3-4,6,8-18H,5,7,19-21H2,1-2H3/b14-13+. The Bertz CT molecular complexity index is 1020. The van der Waals surface area contributed by atoms with Crippen molar-refractivity contribution in [1.29, 1.82) is 0 Å². The third-order valence-electron chi connectivity index (χ3n) is 5.06. The normalized spacial score (nSPS) is 10.8. The van der Waals surface area contributed by atoms with Gasteiger partial charge in [-0.05, 0) is 60.0 Å². The molecule has 3 rings (SSSR count). The maximum atomic E-state index is 12.3. The van der Waals surface area contributed by atoms with Gasteiger partial charge in [0.1, 0.15) is 23.9 Å². The minimum Gasteiger partial charge on any atom is -0.497 e. The average Bonchev–Trinajstić information content (AvgIpc) is 2.87. The van der Waals surface area contributed by atoms with Gasteiger partial charge in [0.25, 0.3) is 0 Å². The number of benzene rings is 3. The number of carbonyl (C=O) groups excluding carboxylic acids is 1. The molecule has 0 heterocycles. The fourth-order valence-electron chi connectivity index (χ4n) is 3.16.